The standard InChI is InChI=1S/C25H23N3O2/c1-4-7-22-23(28-24(26-22)14-17(2)16-27(28)3)15-18-10-12-19(13-11-18)20-8-5-6-9-21(20)25(29)30/h1,5-6,8-14,16,23H,7,15H2,2-3H3,(H,29,30). The van der Waals surface area contributed by atoms with E-state index in [0.29, 0.717) is 17.5 Å². The monoisotopic (exact) mass is 397 g/mol. The van der Waals surface area contributed by atoms with Gasteiger partial charge in [-0.1, -0.05) is 42.5 Å². The molecule has 0 saturated heterocycles. The SMILES string of the molecule is C#CCC1=NC2=CC(C)=CN(C)N2C1Cc1ccc(-c2ccccc2C(=O)O)cc1. The van der Waals surface area contributed by atoms with E-state index in [9.17, 15) is 9.90 Å². The number of carboxylic acids is 1. The first kappa shape index (κ1) is 19.5. The molecule has 2 aliphatic heterocycles. The molecule has 0 radical (unpaired) electrons. The minimum atomic E-state index is -0.924. The third-order valence-electron chi connectivity index (χ3n) is 5.39. The first-order valence-corrected chi connectivity index (χ1v) is 9.82. The van der Waals surface area contributed by atoms with Gasteiger partial charge in [-0.2, -0.15) is 0 Å². The summed E-state index contributed by atoms with van der Waals surface area (Å²) in [5, 5.41) is 13.7. The van der Waals surface area contributed by atoms with Crippen molar-refractivity contribution in [3.8, 4) is 23.5 Å². The number of carbonyl (C=O) groups is 1. The van der Waals surface area contributed by atoms with Crippen LogP contribution in [0.25, 0.3) is 11.1 Å². The van der Waals surface area contributed by atoms with Crippen LogP contribution in [0.1, 0.15) is 29.3 Å². The minimum Gasteiger partial charge on any atom is -0.478 e. The molecule has 0 amide bonds. The summed E-state index contributed by atoms with van der Waals surface area (Å²) in [4.78, 5) is 16.3. The van der Waals surface area contributed by atoms with Crippen LogP contribution in [0, 0.1) is 12.3 Å². The van der Waals surface area contributed by atoms with Crippen LogP contribution in [-0.4, -0.2) is 39.9 Å². The van der Waals surface area contributed by atoms with E-state index in [1.54, 1.807) is 12.1 Å². The van der Waals surface area contributed by atoms with E-state index in [-0.39, 0.29) is 6.04 Å². The molecule has 2 heterocycles. The van der Waals surface area contributed by atoms with Crippen molar-refractivity contribution in [3.05, 3.63) is 83.3 Å². The van der Waals surface area contributed by atoms with E-state index in [1.165, 1.54) is 0 Å². The summed E-state index contributed by atoms with van der Waals surface area (Å²) in [6.07, 6.45) is 11.0. The van der Waals surface area contributed by atoms with Gasteiger partial charge in [0.15, 0.2) is 0 Å². The Morgan fingerprint density at radius 3 is 2.63 bits per heavy atom. The Morgan fingerprint density at radius 1 is 1.20 bits per heavy atom. The quantitative estimate of drug-likeness (QED) is 0.762. The van der Waals surface area contributed by atoms with E-state index < -0.39 is 5.97 Å². The van der Waals surface area contributed by atoms with Crippen LogP contribution in [0.2, 0.25) is 0 Å². The predicted octanol–water partition coefficient (Wildman–Crippen LogP) is 4.35. The van der Waals surface area contributed by atoms with Crippen molar-refractivity contribution in [2.24, 2.45) is 4.99 Å². The maximum absolute atomic E-state index is 11.5. The number of nitrogens with zero attached hydrogens (tertiary/aromatic N) is 3. The van der Waals surface area contributed by atoms with E-state index in [1.807, 2.05) is 43.4 Å². The van der Waals surface area contributed by atoms with Crippen molar-refractivity contribution in [3.63, 3.8) is 0 Å². The lowest BCUT2D eigenvalue weighted by atomic mass is 9.96. The highest BCUT2D eigenvalue weighted by Gasteiger charge is 2.35. The van der Waals surface area contributed by atoms with Gasteiger partial charge in [0.25, 0.3) is 0 Å². The van der Waals surface area contributed by atoms with Gasteiger partial charge in [-0.3, -0.25) is 10.0 Å². The number of hydrazine groups is 1. The molecule has 0 bridgehead atoms. The molecule has 0 saturated carbocycles. The second kappa shape index (κ2) is 7.92. The van der Waals surface area contributed by atoms with E-state index in [2.05, 4.69) is 35.1 Å². The molecule has 2 aromatic carbocycles. The number of rotatable bonds is 5. The van der Waals surface area contributed by atoms with Crippen molar-refractivity contribution in [1.29, 1.82) is 0 Å². The van der Waals surface area contributed by atoms with Crippen LogP contribution in [0.15, 0.2) is 77.2 Å². The number of hydrogen-bond donors (Lipinski definition) is 1. The summed E-state index contributed by atoms with van der Waals surface area (Å²) in [5.74, 6) is 2.72. The zero-order valence-electron chi connectivity index (χ0n) is 17.0. The largest absolute Gasteiger partial charge is 0.478 e. The van der Waals surface area contributed by atoms with Crippen LogP contribution < -0.4 is 0 Å². The Hall–Kier alpha value is -3.78. The fourth-order valence-corrected chi connectivity index (χ4v) is 4.08. The molecule has 2 aromatic rings. The summed E-state index contributed by atoms with van der Waals surface area (Å²) < 4.78 is 0. The van der Waals surface area contributed by atoms with E-state index >= 15 is 0 Å². The summed E-state index contributed by atoms with van der Waals surface area (Å²) in [6, 6.07) is 15.2. The Morgan fingerprint density at radius 2 is 1.93 bits per heavy atom. The zero-order valence-corrected chi connectivity index (χ0v) is 17.0. The van der Waals surface area contributed by atoms with Gasteiger partial charge in [-0.15, -0.1) is 12.3 Å². The molecule has 0 aliphatic carbocycles. The average Bonchev–Trinajstić information content (AvgIpc) is 3.06. The number of carboxylic acid groups (broad SMARTS) is 1. The minimum absolute atomic E-state index is 0.0544. The predicted molar refractivity (Wildman–Crippen MR) is 119 cm³/mol. The number of benzene rings is 2. The molecule has 30 heavy (non-hydrogen) atoms. The van der Waals surface area contributed by atoms with Crippen molar-refractivity contribution in [2.75, 3.05) is 7.05 Å². The molecular formula is C25H23N3O2. The molecule has 2 aliphatic rings. The second-order valence-corrected chi connectivity index (χ2v) is 7.55. The van der Waals surface area contributed by atoms with Crippen molar-refractivity contribution >= 4 is 11.7 Å². The summed E-state index contributed by atoms with van der Waals surface area (Å²) in [6.45, 7) is 2.05. The van der Waals surface area contributed by atoms with Gasteiger partial charge in [-0.25, -0.2) is 9.79 Å². The zero-order chi connectivity index (χ0) is 21.3. The molecule has 1 atom stereocenters. The molecule has 1 N–H and O–H groups in total. The molecule has 5 nitrogen and oxygen atoms in total. The topological polar surface area (TPSA) is 56.1 Å². The van der Waals surface area contributed by atoms with Gasteiger partial charge < -0.3 is 5.11 Å². The third kappa shape index (κ3) is 3.60. The van der Waals surface area contributed by atoms with Crippen molar-refractivity contribution in [2.45, 2.75) is 25.8 Å². The van der Waals surface area contributed by atoms with Gasteiger partial charge in [0.05, 0.1) is 17.3 Å². The highest BCUT2D eigenvalue weighted by molar-refractivity contribution is 5.96. The number of aromatic carboxylic acids is 1. The van der Waals surface area contributed by atoms with Crippen molar-refractivity contribution in [1.82, 2.24) is 10.0 Å². The first-order chi connectivity index (χ1) is 14.5. The van der Waals surface area contributed by atoms with Crippen LogP contribution >= 0.6 is 0 Å². The second-order valence-electron chi connectivity index (χ2n) is 7.55. The first-order valence-electron chi connectivity index (χ1n) is 9.82. The van der Waals surface area contributed by atoms with Crippen molar-refractivity contribution < 1.29 is 9.90 Å². The van der Waals surface area contributed by atoms with Crippen LogP contribution in [0.5, 0.6) is 0 Å². The normalized spacial score (nSPS) is 17.6. The van der Waals surface area contributed by atoms with E-state index in [4.69, 9.17) is 11.4 Å². The summed E-state index contributed by atoms with van der Waals surface area (Å²) in [5.41, 5.74) is 5.18. The molecule has 0 fully saturated rings. The smallest absolute Gasteiger partial charge is 0.336 e. The average molecular weight is 397 g/mol. The Kier molecular flexibility index (Phi) is 5.16. The third-order valence-corrected chi connectivity index (χ3v) is 5.39. The lowest BCUT2D eigenvalue weighted by Gasteiger charge is -2.37. The number of hydrogen-bond acceptors (Lipinski definition) is 4. The number of fused-ring (bicyclic) bond motifs is 1. The van der Waals surface area contributed by atoms with Gasteiger partial charge in [-0.05, 0) is 41.3 Å². The lowest BCUT2D eigenvalue weighted by Crippen LogP contribution is -2.45. The van der Waals surface area contributed by atoms with Crippen LogP contribution in [0.4, 0.5) is 0 Å². The summed E-state index contributed by atoms with van der Waals surface area (Å²) >= 11 is 0. The van der Waals surface area contributed by atoms with Gasteiger partial charge in [0.2, 0.25) is 0 Å². The highest BCUT2D eigenvalue weighted by Crippen LogP contribution is 2.31. The molecule has 150 valence electrons. The number of terminal acetylenes is 1. The fourth-order valence-electron chi connectivity index (χ4n) is 4.08. The molecule has 0 aromatic heterocycles. The highest BCUT2D eigenvalue weighted by atomic mass is 16.4. The molecule has 0 spiro atoms. The fraction of sp³-hybridized carbons (Fsp3) is 0.200. The molecule has 5 heteroatoms. The van der Waals surface area contributed by atoms with Gasteiger partial charge >= 0.3 is 5.97 Å². The van der Waals surface area contributed by atoms with Gasteiger partial charge in [0.1, 0.15) is 5.82 Å². The maximum atomic E-state index is 11.5. The maximum Gasteiger partial charge on any atom is 0.336 e. The molecule has 1 unspecified atom stereocenters. The lowest BCUT2D eigenvalue weighted by molar-refractivity contribution is 0.0697. The van der Waals surface area contributed by atoms with E-state index in [0.717, 1.165) is 34.7 Å². The Balaban J connectivity index is 1.60. The van der Waals surface area contributed by atoms with Crippen LogP contribution in [0.3, 0.4) is 0 Å². The Labute approximate surface area is 176 Å². The van der Waals surface area contributed by atoms with Gasteiger partial charge in [0, 0.05) is 26.1 Å². The Bertz CT molecular complexity index is 1120. The number of allylic oxidation sites excluding steroid dienone is 2. The summed E-state index contributed by atoms with van der Waals surface area (Å²) in [7, 11) is 2.02. The number of aliphatic imine (C=N–C) groups is 1. The molecular weight excluding hydrogens is 374 g/mol. The molecule has 4 rings (SSSR count). The van der Waals surface area contributed by atoms with Crippen LogP contribution in [-0.2, 0) is 6.42 Å².